The third-order valence-electron chi connectivity index (χ3n) is 5.75. The van der Waals surface area contributed by atoms with Crippen molar-refractivity contribution in [3.8, 4) is 11.5 Å². The minimum absolute atomic E-state index is 0.102. The van der Waals surface area contributed by atoms with Crippen molar-refractivity contribution in [2.75, 3.05) is 13.2 Å². The molecule has 2 aliphatic rings. The van der Waals surface area contributed by atoms with Crippen LogP contribution >= 0.6 is 0 Å². The number of hydrogen-bond acceptors (Lipinski definition) is 2. The Labute approximate surface area is 157 Å². The SMILES string of the molecule is CC(C)(C)c1ccc2c(c1)C(c1cc(C(C)(C)C)cc3c1CCO3)CO2. The van der Waals surface area contributed by atoms with Crippen molar-refractivity contribution in [3.63, 3.8) is 0 Å². The molecule has 1 unspecified atom stereocenters. The Morgan fingerprint density at radius 3 is 2.15 bits per heavy atom. The van der Waals surface area contributed by atoms with E-state index in [0.717, 1.165) is 31.1 Å². The predicted molar refractivity (Wildman–Crippen MR) is 107 cm³/mol. The summed E-state index contributed by atoms with van der Waals surface area (Å²) in [6.07, 6.45) is 1.000. The van der Waals surface area contributed by atoms with Gasteiger partial charge in [0.05, 0.1) is 13.2 Å². The maximum atomic E-state index is 6.08. The molecule has 2 nitrogen and oxygen atoms in total. The second-order valence-corrected chi connectivity index (χ2v) is 9.76. The van der Waals surface area contributed by atoms with Crippen LogP contribution in [-0.2, 0) is 17.3 Å². The molecule has 0 saturated heterocycles. The lowest BCUT2D eigenvalue weighted by molar-refractivity contribution is 0.342. The van der Waals surface area contributed by atoms with Gasteiger partial charge in [-0.25, -0.2) is 0 Å². The van der Waals surface area contributed by atoms with Crippen LogP contribution < -0.4 is 9.47 Å². The molecule has 2 heterocycles. The van der Waals surface area contributed by atoms with Crippen molar-refractivity contribution in [2.45, 2.75) is 64.7 Å². The number of benzene rings is 2. The molecule has 2 aromatic rings. The number of fused-ring (bicyclic) bond motifs is 2. The maximum absolute atomic E-state index is 6.08. The summed E-state index contributed by atoms with van der Waals surface area (Å²) in [5, 5.41) is 0. The first-order valence-corrected chi connectivity index (χ1v) is 9.72. The zero-order valence-corrected chi connectivity index (χ0v) is 16.9. The second kappa shape index (κ2) is 5.77. The zero-order valence-electron chi connectivity index (χ0n) is 16.9. The molecule has 1 atom stereocenters. The summed E-state index contributed by atoms with van der Waals surface area (Å²) in [5.74, 6) is 2.41. The van der Waals surface area contributed by atoms with E-state index < -0.39 is 0 Å². The Morgan fingerprint density at radius 2 is 1.46 bits per heavy atom. The fourth-order valence-electron chi connectivity index (χ4n) is 4.01. The minimum atomic E-state index is 0.102. The van der Waals surface area contributed by atoms with Crippen LogP contribution in [0.2, 0.25) is 0 Å². The summed E-state index contributed by atoms with van der Waals surface area (Å²) >= 11 is 0. The Balaban J connectivity index is 1.85. The van der Waals surface area contributed by atoms with Gasteiger partial charge in [-0.2, -0.15) is 0 Å². The predicted octanol–water partition coefficient (Wildman–Crippen LogP) is 5.74. The van der Waals surface area contributed by atoms with Crippen LogP contribution in [0.4, 0.5) is 0 Å². The summed E-state index contributed by atoms with van der Waals surface area (Å²) in [7, 11) is 0. The summed E-state index contributed by atoms with van der Waals surface area (Å²) in [5.41, 5.74) is 7.05. The summed E-state index contributed by atoms with van der Waals surface area (Å²) < 4.78 is 12.0. The summed E-state index contributed by atoms with van der Waals surface area (Å²) in [6.45, 7) is 15.1. The molecule has 0 N–H and O–H groups in total. The van der Waals surface area contributed by atoms with Crippen LogP contribution in [0.1, 0.15) is 75.3 Å². The summed E-state index contributed by atoms with van der Waals surface area (Å²) in [6, 6.07) is 11.4. The van der Waals surface area contributed by atoms with Crippen LogP contribution in [0, 0.1) is 0 Å². The Kier molecular flexibility index (Phi) is 3.87. The molecule has 0 aromatic heterocycles. The quantitative estimate of drug-likeness (QED) is 0.653. The van der Waals surface area contributed by atoms with Gasteiger partial charge >= 0.3 is 0 Å². The molecule has 0 radical (unpaired) electrons. The normalized spacial score (nSPS) is 18.9. The molecule has 0 bridgehead atoms. The number of ether oxygens (including phenoxy) is 2. The molecule has 138 valence electrons. The molecule has 2 aliphatic heterocycles. The zero-order chi connectivity index (χ0) is 18.7. The van der Waals surface area contributed by atoms with Gasteiger partial charge in [0.1, 0.15) is 11.5 Å². The smallest absolute Gasteiger partial charge is 0.123 e. The number of hydrogen-bond donors (Lipinski definition) is 0. The van der Waals surface area contributed by atoms with Gasteiger partial charge in [0.15, 0.2) is 0 Å². The van der Waals surface area contributed by atoms with Crippen LogP contribution in [0.5, 0.6) is 11.5 Å². The Hall–Kier alpha value is -1.96. The van der Waals surface area contributed by atoms with Crippen LogP contribution in [0.25, 0.3) is 0 Å². The van der Waals surface area contributed by atoms with Crippen LogP contribution in [-0.4, -0.2) is 13.2 Å². The molecule has 26 heavy (non-hydrogen) atoms. The van der Waals surface area contributed by atoms with Crippen LogP contribution in [0.15, 0.2) is 30.3 Å². The van der Waals surface area contributed by atoms with Crippen molar-refractivity contribution in [2.24, 2.45) is 0 Å². The highest BCUT2D eigenvalue weighted by Crippen LogP contribution is 2.45. The van der Waals surface area contributed by atoms with Gasteiger partial charge in [0.2, 0.25) is 0 Å². The average Bonchev–Trinajstić information content (AvgIpc) is 3.18. The van der Waals surface area contributed by atoms with Gasteiger partial charge in [-0.3, -0.25) is 0 Å². The summed E-state index contributed by atoms with van der Waals surface area (Å²) in [4.78, 5) is 0. The highest BCUT2D eigenvalue weighted by molar-refractivity contribution is 5.55. The molecule has 0 saturated carbocycles. The monoisotopic (exact) mass is 350 g/mol. The van der Waals surface area contributed by atoms with E-state index in [2.05, 4.69) is 71.9 Å². The highest BCUT2D eigenvalue weighted by Gasteiger charge is 2.32. The van der Waals surface area contributed by atoms with Gasteiger partial charge in [-0.05, 0) is 39.7 Å². The van der Waals surface area contributed by atoms with E-state index in [-0.39, 0.29) is 10.8 Å². The Bertz CT molecular complexity index is 850. The topological polar surface area (TPSA) is 18.5 Å². The van der Waals surface area contributed by atoms with Gasteiger partial charge in [-0.1, -0.05) is 59.7 Å². The molecule has 0 spiro atoms. The molecule has 4 rings (SSSR count). The van der Waals surface area contributed by atoms with E-state index in [1.807, 2.05) is 0 Å². The van der Waals surface area contributed by atoms with Crippen molar-refractivity contribution in [3.05, 3.63) is 58.1 Å². The maximum Gasteiger partial charge on any atom is 0.123 e. The lowest BCUT2D eigenvalue weighted by Gasteiger charge is -2.24. The Morgan fingerprint density at radius 1 is 0.769 bits per heavy atom. The van der Waals surface area contributed by atoms with E-state index in [4.69, 9.17) is 9.47 Å². The van der Waals surface area contributed by atoms with Crippen molar-refractivity contribution in [1.82, 2.24) is 0 Å². The van der Waals surface area contributed by atoms with Crippen LogP contribution in [0.3, 0.4) is 0 Å². The van der Waals surface area contributed by atoms with Gasteiger partial charge in [0, 0.05) is 23.5 Å². The first-order chi connectivity index (χ1) is 12.1. The molecular formula is C24H30O2. The fraction of sp³-hybridized carbons (Fsp3) is 0.500. The van der Waals surface area contributed by atoms with Gasteiger partial charge in [-0.15, -0.1) is 0 Å². The number of rotatable bonds is 1. The van der Waals surface area contributed by atoms with E-state index >= 15 is 0 Å². The third kappa shape index (κ3) is 2.90. The first-order valence-electron chi connectivity index (χ1n) is 9.72. The lowest BCUT2D eigenvalue weighted by atomic mass is 9.79. The largest absolute Gasteiger partial charge is 0.493 e. The molecule has 2 aromatic carbocycles. The fourth-order valence-corrected chi connectivity index (χ4v) is 4.01. The minimum Gasteiger partial charge on any atom is -0.493 e. The lowest BCUT2D eigenvalue weighted by Crippen LogP contribution is -2.14. The van der Waals surface area contributed by atoms with E-state index in [1.54, 1.807) is 0 Å². The van der Waals surface area contributed by atoms with Crippen molar-refractivity contribution in [1.29, 1.82) is 0 Å². The van der Waals surface area contributed by atoms with E-state index in [9.17, 15) is 0 Å². The van der Waals surface area contributed by atoms with E-state index in [1.165, 1.54) is 27.8 Å². The van der Waals surface area contributed by atoms with Gasteiger partial charge in [0.25, 0.3) is 0 Å². The highest BCUT2D eigenvalue weighted by atomic mass is 16.5. The third-order valence-corrected chi connectivity index (χ3v) is 5.75. The standard InChI is InChI=1S/C24H30O2/c1-23(2,3)15-7-8-21-19(11-15)20(14-26-21)18-12-16(24(4,5)6)13-22-17(18)9-10-25-22/h7-8,11-13,20H,9-10,14H2,1-6H3. The first kappa shape index (κ1) is 17.5. The molecule has 0 fully saturated rings. The second-order valence-electron chi connectivity index (χ2n) is 9.76. The van der Waals surface area contributed by atoms with Crippen molar-refractivity contribution >= 4 is 0 Å². The molecular weight excluding hydrogens is 320 g/mol. The average molecular weight is 351 g/mol. The molecule has 2 heteroatoms. The molecule has 0 amide bonds. The van der Waals surface area contributed by atoms with Crippen molar-refractivity contribution < 1.29 is 9.47 Å². The molecule has 0 aliphatic carbocycles. The van der Waals surface area contributed by atoms with Gasteiger partial charge < -0.3 is 9.47 Å². The van der Waals surface area contributed by atoms with E-state index in [0.29, 0.717) is 5.92 Å².